The number of nitrogen functional groups attached to an aromatic ring is 1. The van der Waals surface area contributed by atoms with Gasteiger partial charge in [0.05, 0.1) is 0 Å². The Hall–Kier alpha value is 0.939. The van der Waals surface area contributed by atoms with Crippen LogP contribution in [-0.4, -0.2) is 23.9 Å². The van der Waals surface area contributed by atoms with E-state index < -0.39 is 0 Å². The van der Waals surface area contributed by atoms with E-state index in [-0.39, 0.29) is 36.3 Å². The number of nitrogens with two attached hydrogens (primary N) is 1. The molecule has 0 amide bonds. The summed E-state index contributed by atoms with van der Waals surface area (Å²) in [5.41, 5.74) is 6.22. The van der Waals surface area contributed by atoms with Crippen LogP contribution in [0.5, 0.6) is 0 Å². The molecule has 1 nitrogen and oxygen atoms in total. The zero-order valence-corrected chi connectivity index (χ0v) is 13.1. The fraction of sp³-hybridized carbons (Fsp3) is 0. The summed E-state index contributed by atoms with van der Waals surface area (Å²) < 4.78 is 0.984. The van der Waals surface area contributed by atoms with Crippen molar-refractivity contribution >= 4 is 70.6 Å². The van der Waals surface area contributed by atoms with Crippen molar-refractivity contribution in [3.8, 4) is 0 Å². The van der Waals surface area contributed by atoms with Gasteiger partial charge in [0.1, 0.15) is 0 Å². The Bertz CT molecular complexity index is 234. The van der Waals surface area contributed by atoms with E-state index in [2.05, 4.69) is 28.6 Å². The first-order chi connectivity index (χ1) is 4.20. The SMILES string of the molecule is Cl.Nc1cc(Br)ccc1S.[SnH2]. The van der Waals surface area contributed by atoms with Crippen molar-refractivity contribution < 1.29 is 0 Å². The fourth-order valence-electron chi connectivity index (χ4n) is 0.525. The van der Waals surface area contributed by atoms with Gasteiger partial charge in [-0.2, -0.15) is 0 Å². The molecule has 1 aromatic carbocycles. The van der Waals surface area contributed by atoms with Crippen LogP contribution in [0.1, 0.15) is 0 Å². The zero-order chi connectivity index (χ0) is 6.85. The molecule has 0 unspecified atom stereocenters. The molecule has 2 radical (unpaired) electrons. The Morgan fingerprint density at radius 1 is 1.36 bits per heavy atom. The van der Waals surface area contributed by atoms with Crippen LogP contribution in [0.2, 0.25) is 0 Å². The standard InChI is InChI=1S/C6H6BrNS.ClH.Sn.2H/c7-4-1-2-6(9)5(8)3-4;;;;/h1-3,9H,8H2;1H;;;. The van der Waals surface area contributed by atoms with E-state index in [9.17, 15) is 0 Å². The van der Waals surface area contributed by atoms with Crippen LogP contribution in [0.15, 0.2) is 27.6 Å². The number of hydrogen-bond acceptors (Lipinski definition) is 2. The van der Waals surface area contributed by atoms with Gasteiger partial charge in [0, 0.05) is 15.1 Å². The van der Waals surface area contributed by atoms with Gasteiger partial charge >= 0.3 is 23.9 Å². The topological polar surface area (TPSA) is 26.0 Å². The number of hydrogen-bond donors (Lipinski definition) is 2. The van der Waals surface area contributed by atoms with Crippen molar-refractivity contribution in [1.29, 1.82) is 0 Å². The molecule has 0 spiro atoms. The monoisotopic (exact) mass is 361 g/mol. The quantitative estimate of drug-likeness (QED) is 0.412. The molecule has 1 aromatic rings. The van der Waals surface area contributed by atoms with Crippen LogP contribution in [0.4, 0.5) is 5.69 Å². The number of benzene rings is 1. The fourth-order valence-corrected chi connectivity index (χ4v) is 1.04. The van der Waals surface area contributed by atoms with Crippen LogP contribution in [0.25, 0.3) is 0 Å². The average Bonchev–Trinajstić information content (AvgIpc) is 1.80. The van der Waals surface area contributed by atoms with Gasteiger partial charge in [-0.25, -0.2) is 0 Å². The van der Waals surface area contributed by atoms with Gasteiger partial charge in [-0.05, 0) is 18.2 Å². The molecule has 0 atom stereocenters. The van der Waals surface area contributed by atoms with E-state index in [1.54, 1.807) is 0 Å². The summed E-state index contributed by atoms with van der Waals surface area (Å²) in [5, 5.41) is 0. The van der Waals surface area contributed by atoms with Crippen LogP contribution < -0.4 is 5.73 Å². The summed E-state index contributed by atoms with van der Waals surface area (Å²) in [6, 6.07) is 5.57. The Labute approximate surface area is 103 Å². The zero-order valence-electron chi connectivity index (χ0n) is 5.75. The first-order valence-corrected chi connectivity index (χ1v) is 3.68. The summed E-state index contributed by atoms with van der Waals surface area (Å²) in [5.74, 6) is 0. The number of anilines is 1. The van der Waals surface area contributed by atoms with E-state index in [1.165, 1.54) is 0 Å². The molecule has 0 aliphatic carbocycles. The van der Waals surface area contributed by atoms with Gasteiger partial charge in [-0.15, -0.1) is 25.0 Å². The molecule has 62 valence electrons. The van der Waals surface area contributed by atoms with Crippen LogP contribution in [0.3, 0.4) is 0 Å². The number of thiol groups is 1. The maximum absolute atomic E-state index is 5.51. The van der Waals surface area contributed by atoms with Gasteiger partial charge in [-0.3, -0.25) is 0 Å². The van der Waals surface area contributed by atoms with Gasteiger partial charge in [0.15, 0.2) is 0 Å². The predicted molar refractivity (Wildman–Crippen MR) is 61.6 cm³/mol. The predicted octanol–water partition coefficient (Wildman–Crippen LogP) is 1.83. The van der Waals surface area contributed by atoms with Gasteiger partial charge in [0.25, 0.3) is 0 Å². The Morgan fingerprint density at radius 2 is 1.91 bits per heavy atom. The molecule has 0 saturated heterocycles. The molecule has 0 aromatic heterocycles. The number of rotatable bonds is 0. The molecule has 5 heteroatoms. The maximum atomic E-state index is 5.51. The Morgan fingerprint density at radius 3 is 2.27 bits per heavy atom. The second kappa shape index (κ2) is 6.45. The van der Waals surface area contributed by atoms with Crippen molar-refractivity contribution in [2.24, 2.45) is 0 Å². The molecular weight excluding hydrogens is 352 g/mol. The van der Waals surface area contributed by atoms with Gasteiger partial charge in [-0.1, -0.05) is 15.9 Å². The van der Waals surface area contributed by atoms with Gasteiger partial charge in [0.2, 0.25) is 0 Å². The van der Waals surface area contributed by atoms with E-state index in [0.29, 0.717) is 5.69 Å². The normalized spacial score (nSPS) is 7.82. The Kier molecular flexibility index (Phi) is 8.49. The van der Waals surface area contributed by atoms with Crippen LogP contribution >= 0.6 is 41.0 Å². The molecular formula is C6H9BrClNSSn. The molecule has 0 fully saturated rings. The van der Waals surface area contributed by atoms with Crippen LogP contribution in [-0.2, 0) is 0 Å². The average molecular weight is 361 g/mol. The summed E-state index contributed by atoms with van der Waals surface area (Å²) in [6.45, 7) is 0. The van der Waals surface area contributed by atoms with Crippen molar-refractivity contribution in [3.63, 3.8) is 0 Å². The third-order valence-corrected chi connectivity index (χ3v) is 1.89. The molecule has 0 aliphatic rings. The summed E-state index contributed by atoms with van der Waals surface area (Å²) >= 11 is 7.38. The third kappa shape index (κ3) is 4.50. The van der Waals surface area contributed by atoms with E-state index in [4.69, 9.17) is 5.73 Å². The number of halogens is 2. The van der Waals surface area contributed by atoms with Crippen molar-refractivity contribution in [1.82, 2.24) is 0 Å². The Balaban J connectivity index is 0. The van der Waals surface area contributed by atoms with Crippen molar-refractivity contribution in [2.45, 2.75) is 4.90 Å². The molecule has 0 heterocycles. The first kappa shape index (κ1) is 14.5. The molecule has 1 rings (SSSR count). The molecule has 0 saturated carbocycles. The summed E-state index contributed by atoms with van der Waals surface area (Å²) in [6.07, 6.45) is 0. The second-order valence-corrected chi connectivity index (χ2v) is 3.10. The molecule has 0 aliphatic heterocycles. The first-order valence-electron chi connectivity index (χ1n) is 2.44. The summed E-state index contributed by atoms with van der Waals surface area (Å²) in [4.78, 5) is 0.818. The molecule has 11 heavy (non-hydrogen) atoms. The third-order valence-electron chi connectivity index (χ3n) is 0.990. The van der Waals surface area contributed by atoms with Gasteiger partial charge < -0.3 is 5.73 Å². The van der Waals surface area contributed by atoms with E-state index >= 15 is 0 Å². The van der Waals surface area contributed by atoms with E-state index in [0.717, 1.165) is 9.37 Å². The molecule has 2 N–H and O–H groups in total. The van der Waals surface area contributed by atoms with E-state index in [1.807, 2.05) is 18.2 Å². The summed E-state index contributed by atoms with van der Waals surface area (Å²) in [7, 11) is 0. The van der Waals surface area contributed by atoms with Crippen molar-refractivity contribution in [3.05, 3.63) is 22.7 Å². The minimum absolute atomic E-state index is 0. The minimum atomic E-state index is 0. The molecule has 0 bridgehead atoms. The van der Waals surface area contributed by atoms with Crippen molar-refractivity contribution in [2.75, 3.05) is 5.73 Å². The second-order valence-electron chi connectivity index (χ2n) is 1.70. The van der Waals surface area contributed by atoms with Crippen LogP contribution in [0, 0.1) is 0 Å².